The van der Waals surface area contributed by atoms with Gasteiger partial charge in [-0.2, -0.15) is 9.40 Å². The number of amides is 1. The number of hydrogen-bond acceptors (Lipinski definition) is 6. The van der Waals surface area contributed by atoms with Crippen LogP contribution in [0.15, 0.2) is 52.7 Å². The van der Waals surface area contributed by atoms with Crippen molar-refractivity contribution in [3.63, 3.8) is 0 Å². The number of benzene rings is 1. The molecule has 0 spiro atoms. The van der Waals surface area contributed by atoms with Gasteiger partial charge in [0.25, 0.3) is 0 Å². The van der Waals surface area contributed by atoms with Gasteiger partial charge in [0.05, 0.1) is 30.6 Å². The van der Waals surface area contributed by atoms with Gasteiger partial charge in [-0.1, -0.05) is 36.4 Å². The van der Waals surface area contributed by atoms with Crippen LogP contribution in [0.1, 0.15) is 27.9 Å². The quantitative estimate of drug-likeness (QED) is 0.568. The molecule has 32 heavy (non-hydrogen) atoms. The van der Waals surface area contributed by atoms with E-state index < -0.39 is 10.0 Å². The molecule has 2 aromatic heterocycles. The molecule has 0 aliphatic carbocycles. The maximum Gasteiger partial charge on any atom is 0.246 e. The summed E-state index contributed by atoms with van der Waals surface area (Å²) in [6, 6.07) is 13.4. The van der Waals surface area contributed by atoms with Crippen LogP contribution in [0.5, 0.6) is 0 Å². The SMILES string of the molecule is Cc1nn(CC(=O)NC(c2ccccc2)c2cccs2)c(C)c1S(=O)(=O)N1CCOCC1. The monoisotopic (exact) mass is 474 g/mol. The summed E-state index contributed by atoms with van der Waals surface area (Å²) in [4.78, 5) is 14.2. The molecule has 1 saturated heterocycles. The smallest absolute Gasteiger partial charge is 0.246 e. The maximum atomic E-state index is 13.2. The van der Waals surface area contributed by atoms with Crippen LogP contribution in [0.4, 0.5) is 0 Å². The summed E-state index contributed by atoms with van der Waals surface area (Å²) in [6.45, 7) is 4.65. The molecular weight excluding hydrogens is 448 g/mol. The second-order valence-corrected chi connectivity index (χ2v) is 10.5. The molecule has 1 fully saturated rings. The Morgan fingerprint density at radius 2 is 1.88 bits per heavy atom. The molecule has 8 nitrogen and oxygen atoms in total. The Labute approximate surface area is 191 Å². The predicted octanol–water partition coefficient (Wildman–Crippen LogP) is 2.49. The average Bonchev–Trinajstić information content (AvgIpc) is 3.41. The number of rotatable bonds is 7. The van der Waals surface area contributed by atoms with Crippen molar-refractivity contribution in [2.75, 3.05) is 26.3 Å². The van der Waals surface area contributed by atoms with Crippen LogP contribution in [0, 0.1) is 13.8 Å². The molecular formula is C22H26N4O4S2. The first-order valence-electron chi connectivity index (χ1n) is 10.4. The molecule has 0 radical (unpaired) electrons. The standard InChI is InChI=1S/C22H26N4O4S2/c1-16-22(32(28,29)25-10-12-30-13-11-25)17(2)26(24-16)15-20(27)23-21(19-9-6-14-31-19)18-7-4-3-5-8-18/h3-9,14,21H,10-13,15H2,1-2H3,(H,23,27). The van der Waals surface area contributed by atoms with Crippen molar-refractivity contribution in [3.05, 3.63) is 69.7 Å². The van der Waals surface area contributed by atoms with Crippen molar-refractivity contribution in [3.8, 4) is 0 Å². The highest BCUT2D eigenvalue weighted by Gasteiger charge is 2.32. The van der Waals surface area contributed by atoms with E-state index in [0.29, 0.717) is 37.7 Å². The van der Waals surface area contributed by atoms with Gasteiger partial charge in [0.1, 0.15) is 11.4 Å². The van der Waals surface area contributed by atoms with Crippen LogP contribution in [-0.2, 0) is 26.1 Å². The van der Waals surface area contributed by atoms with E-state index in [4.69, 9.17) is 4.74 Å². The third-order valence-electron chi connectivity index (χ3n) is 5.44. The van der Waals surface area contributed by atoms with Crippen molar-refractivity contribution in [1.82, 2.24) is 19.4 Å². The minimum Gasteiger partial charge on any atom is -0.379 e. The summed E-state index contributed by atoms with van der Waals surface area (Å²) in [5, 5.41) is 9.43. The average molecular weight is 475 g/mol. The van der Waals surface area contributed by atoms with E-state index in [2.05, 4.69) is 10.4 Å². The zero-order valence-corrected chi connectivity index (χ0v) is 19.7. The van der Waals surface area contributed by atoms with E-state index in [1.165, 1.54) is 8.99 Å². The van der Waals surface area contributed by atoms with Gasteiger partial charge in [-0.15, -0.1) is 11.3 Å². The maximum absolute atomic E-state index is 13.2. The number of nitrogens with zero attached hydrogens (tertiary/aromatic N) is 3. The number of aromatic nitrogens is 2. The zero-order valence-electron chi connectivity index (χ0n) is 18.0. The molecule has 3 aromatic rings. The number of nitrogens with one attached hydrogen (secondary N) is 1. The summed E-state index contributed by atoms with van der Waals surface area (Å²) >= 11 is 1.57. The summed E-state index contributed by atoms with van der Waals surface area (Å²) in [7, 11) is -3.70. The van der Waals surface area contributed by atoms with E-state index in [9.17, 15) is 13.2 Å². The summed E-state index contributed by atoms with van der Waals surface area (Å²) < 4.78 is 34.5. The second-order valence-electron chi connectivity index (χ2n) is 7.60. The Morgan fingerprint density at radius 1 is 1.16 bits per heavy atom. The first kappa shape index (κ1) is 22.7. The van der Waals surface area contributed by atoms with Gasteiger partial charge in [-0.25, -0.2) is 8.42 Å². The lowest BCUT2D eigenvalue weighted by molar-refractivity contribution is -0.122. The summed E-state index contributed by atoms with van der Waals surface area (Å²) in [5.41, 5.74) is 1.82. The molecule has 1 atom stereocenters. The molecule has 1 amide bonds. The van der Waals surface area contributed by atoms with Gasteiger partial charge in [0.15, 0.2) is 0 Å². The topological polar surface area (TPSA) is 93.5 Å². The van der Waals surface area contributed by atoms with Crippen LogP contribution in [0.3, 0.4) is 0 Å². The first-order valence-corrected chi connectivity index (χ1v) is 12.7. The van der Waals surface area contributed by atoms with Crippen LogP contribution < -0.4 is 5.32 Å². The normalized spacial score (nSPS) is 16.1. The first-order chi connectivity index (χ1) is 15.4. The number of carbonyl (C=O) groups excluding carboxylic acids is 1. The second kappa shape index (κ2) is 9.53. The number of ether oxygens (including phenoxy) is 1. The number of thiophene rings is 1. The zero-order chi connectivity index (χ0) is 22.7. The Kier molecular flexibility index (Phi) is 6.75. The highest BCUT2D eigenvalue weighted by molar-refractivity contribution is 7.89. The number of carbonyl (C=O) groups is 1. The molecule has 4 rings (SSSR count). The highest BCUT2D eigenvalue weighted by Crippen LogP contribution is 2.27. The third kappa shape index (κ3) is 4.63. The predicted molar refractivity (Wildman–Crippen MR) is 122 cm³/mol. The molecule has 0 saturated carbocycles. The van der Waals surface area contributed by atoms with E-state index >= 15 is 0 Å². The van der Waals surface area contributed by atoms with Gasteiger partial charge in [-0.3, -0.25) is 9.48 Å². The molecule has 0 bridgehead atoms. The van der Waals surface area contributed by atoms with Crippen molar-refractivity contribution < 1.29 is 17.9 Å². The van der Waals surface area contributed by atoms with E-state index in [1.807, 2.05) is 47.8 Å². The van der Waals surface area contributed by atoms with Gasteiger partial charge < -0.3 is 10.1 Å². The Balaban J connectivity index is 1.55. The van der Waals surface area contributed by atoms with Crippen LogP contribution in [0.2, 0.25) is 0 Å². The fourth-order valence-corrected chi connectivity index (χ4v) is 6.47. The lowest BCUT2D eigenvalue weighted by atomic mass is 10.1. The highest BCUT2D eigenvalue weighted by atomic mass is 32.2. The summed E-state index contributed by atoms with van der Waals surface area (Å²) in [5.74, 6) is -0.242. The summed E-state index contributed by atoms with van der Waals surface area (Å²) in [6.07, 6.45) is 0. The fourth-order valence-electron chi connectivity index (χ4n) is 3.89. The van der Waals surface area contributed by atoms with E-state index in [0.717, 1.165) is 10.4 Å². The Hall–Kier alpha value is -2.53. The Bertz CT molecular complexity index is 1170. The number of morpholine rings is 1. The van der Waals surface area contributed by atoms with Gasteiger partial charge in [0, 0.05) is 18.0 Å². The molecule has 1 aliphatic rings. The molecule has 3 heterocycles. The molecule has 1 unspecified atom stereocenters. The van der Waals surface area contributed by atoms with Gasteiger partial charge in [0.2, 0.25) is 15.9 Å². The van der Waals surface area contributed by atoms with Crippen molar-refractivity contribution in [1.29, 1.82) is 0 Å². The molecule has 1 N–H and O–H groups in total. The molecule has 1 aliphatic heterocycles. The lowest BCUT2D eigenvalue weighted by Gasteiger charge is -2.26. The van der Waals surface area contributed by atoms with E-state index in [-0.39, 0.29) is 23.4 Å². The minimum atomic E-state index is -3.70. The van der Waals surface area contributed by atoms with Crippen molar-refractivity contribution in [2.45, 2.75) is 31.3 Å². The minimum absolute atomic E-state index is 0.0694. The van der Waals surface area contributed by atoms with Gasteiger partial charge >= 0.3 is 0 Å². The molecule has 170 valence electrons. The van der Waals surface area contributed by atoms with Gasteiger partial charge in [-0.05, 0) is 30.9 Å². The number of hydrogen-bond donors (Lipinski definition) is 1. The largest absolute Gasteiger partial charge is 0.379 e. The van der Waals surface area contributed by atoms with Crippen molar-refractivity contribution >= 4 is 27.3 Å². The van der Waals surface area contributed by atoms with Crippen LogP contribution in [-0.4, -0.2) is 54.7 Å². The number of sulfonamides is 1. The van der Waals surface area contributed by atoms with Crippen molar-refractivity contribution in [2.24, 2.45) is 0 Å². The van der Waals surface area contributed by atoms with Crippen LogP contribution in [0.25, 0.3) is 0 Å². The Morgan fingerprint density at radius 3 is 2.53 bits per heavy atom. The molecule has 1 aromatic carbocycles. The fraction of sp³-hybridized carbons (Fsp3) is 0.364. The third-order valence-corrected chi connectivity index (χ3v) is 8.53. The molecule has 10 heteroatoms. The van der Waals surface area contributed by atoms with E-state index in [1.54, 1.807) is 25.2 Å². The lowest BCUT2D eigenvalue weighted by Crippen LogP contribution is -2.41. The number of aryl methyl sites for hydroxylation is 1. The van der Waals surface area contributed by atoms with Crippen LogP contribution >= 0.6 is 11.3 Å².